The number of carbonyl (C=O) groups is 1. The molecule has 0 aromatic heterocycles. The third-order valence-electron chi connectivity index (χ3n) is 3.57. The van der Waals surface area contributed by atoms with E-state index >= 15 is 0 Å². The van der Waals surface area contributed by atoms with Gasteiger partial charge in [-0.1, -0.05) is 13.8 Å². The Balaban J connectivity index is 2.67. The number of amides is 1. The van der Waals surface area contributed by atoms with Gasteiger partial charge in [-0.2, -0.15) is 0 Å². The molecule has 0 radical (unpaired) electrons. The van der Waals surface area contributed by atoms with Gasteiger partial charge in [-0.25, -0.2) is 0 Å². The summed E-state index contributed by atoms with van der Waals surface area (Å²) in [5.41, 5.74) is 5.28. The largest absolute Gasteiger partial charge is 0.394 e. The molecule has 94 valence electrons. The Hall–Kier alpha value is -0.650. The second-order valence-electron chi connectivity index (χ2n) is 4.58. The molecule has 0 bridgehead atoms. The molecule has 5 unspecified atom stereocenters. The Morgan fingerprint density at radius 2 is 2.00 bits per heavy atom. The zero-order valence-electron chi connectivity index (χ0n) is 10.1. The number of hydrogen-bond donors (Lipinski definition) is 3. The van der Waals surface area contributed by atoms with Crippen molar-refractivity contribution in [3.8, 4) is 0 Å². The Labute approximate surface area is 96.3 Å². The van der Waals surface area contributed by atoms with E-state index in [0.29, 0.717) is 0 Å². The molecule has 0 aliphatic carbocycles. The molecule has 1 rings (SSSR count). The molecule has 1 aliphatic rings. The fraction of sp³-hybridized carbons (Fsp3) is 0.909. The van der Waals surface area contributed by atoms with Crippen molar-refractivity contribution < 1.29 is 14.6 Å². The van der Waals surface area contributed by atoms with Crippen molar-refractivity contribution in [3.63, 3.8) is 0 Å². The van der Waals surface area contributed by atoms with Gasteiger partial charge in [0.05, 0.1) is 31.4 Å². The molecule has 5 nitrogen and oxygen atoms in total. The molecule has 0 aromatic rings. The summed E-state index contributed by atoms with van der Waals surface area (Å²) in [5, 5.41) is 12.1. The molecule has 5 heteroatoms. The zero-order valence-corrected chi connectivity index (χ0v) is 10.1. The maximum absolute atomic E-state index is 11.3. The van der Waals surface area contributed by atoms with E-state index in [-0.39, 0.29) is 49.1 Å². The summed E-state index contributed by atoms with van der Waals surface area (Å²) in [7, 11) is 0. The van der Waals surface area contributed by atoms with Crippen LogP contribution in [0.15, 0.2) is 0 Å². The van der Waals surface area contributed by atoms with Crippen LogP contribution < -0.4 is 11.1 Å². The molecule has 1 heterocycles. The van der Waals surface area contributed by atoms with Crippen molar-refractivity contribution in [3.05, 3.63) is 0 Å². The fourth-order valence-corrected chi connectivity index (χ4v) is 2.28. The molecule has 0 saturated carbocycles. The molecule has 0 spiro atoms. The molecular formula is C11H22N2O3. The normalized spacial score (nSPS) is 39.4. The number of carbonyl (C=O) groups excluding carboxylic acids is 1. The number of aliphatic hydroxyl groups is 1. The smallest absolute Gasteiger partial charge is 0.234 e. The highest BCUT2D eigenvalue weighted by Crippen LogP contribution is 2.30. The number of hydrogen-bond acceptors (Lipinski definition) is 4. The molecule has 5 atom stereocenters. The van der Waals surface area contributed by atoms with Crippen LogP contribution in [0.3, 0.4) is 0 Å². The summed E-state index contributed by atoms with van der Waals surface area (Å²) in [5.74, 6) is 0.308. The molecule has 1 amide bonds. The maximum Gasteiger partial charge on any atom is 0.234 e. The van der Waals surface area contributed by atoms with Gasteiger partial charge >= 0.3 is 0 Å². The van der Waals surface area contributed by atoms with Crippen LogP contribution in [-0.4, -0.2) is 42.4 Å². The van der Waals surface area contributed by atoms with Crippen molar-refractivity contribution in [1.82, 2.24) is 5.32 Å². The van der Waals surface area contributed by atoms with Gasteiger partial charge in [-0.3, -0.25) is 4.79 Å². The van der Waals surface area contributed by atoms with Crippen molar-refractivity contribution in [1.29, 1.82) is 0 Å². The lowest BCUT2D eigenvalue weighted by molar-refractivity contribution is -0.140. The van der Waals surface area contributed by atoms with Crippen molar-refractivity contribution in [2.24, 2.45) is 17.6 Å². The minimum Gasteiger partial charge on any atom is -0.394 e. The summed E-state index contributed by atoms with van der Waals surface area (Å²) in [4.78, 5) is 11.3. The monoisotopic (exact) mass is 230 g/mol. The highest BCUT2D eigenvalue weighted by molar-refractivity contribution is 5.78. The summed E-state index contributed by atoms with van der Waals surface area (Å²) in [6.07, 6.45) is -0.241. The van der Waals surface area contributed by atoms with Crippen LogP contribution in [-0.2, 0) is 9.53 Å². The summed E-state index contributed by atoms with van der Waals surface area (Å²) < 4.78 is 5.67. The van der Waals surface area contributed by atoms with E-state index < -0.39 is 0 Å². The second kappa shape index (κ2) is 5.61. The van der Waals surface area contributed by atoms with Gasteiger partial charge in [-0.15, -0.1) is 0 Å². The van der Waals surface area contributed by atoms with Crippen LogP contribution in [0.1, 0.15) is 20.8 Å². The summed E-state index contributed by atoms with van der Waals surface area (Å²) >= 11 is 0. The standard InChI is InChI=1S/C11H22N2O3/c1-6-7(2)11(13-10(15)4-12)8(3)16-9(6)5-14/h6-9,11,14H,4-5,12H2,1-3H3,(H,13,15). The van der Waals surface area contributed by atoms with Crippen molar-refractivity contribution in [2.45, 2.75) is 39.0 Å². The van der Waals surface area contributed by atoms with Crippen molar-refractivity contribution in [2.75, 3.05) is 13.2 Å². The molecule has 1 saturated heterocycles. The van der Waals surface area contributed by atoms with Gasteiger partial charge in [0.1, 0.15) is 0 Å². The molecular weight excluding hydrogens is 208 g/mol. The van der Waals surface area contributed by atoms with Crippen molar-refractivity contribution >= 4 is 5.91 Å². The number of nitrogens with two attached hydrogens (primary N) is 1. The average Bonchev–Trinajstić information content (AvgIpc) is 2.28. The van der Waals surface area contributed by atoms with Gasteiger partial charge in [0.2, 0.25) is 5.91 Å². The first-order valence-electron chi connectivity index (χ1n) is 5.77. The lowest BCUT2D eigenvalue weighted by Crippen LogP contribution is -2.57. The van der Waals surface area contributed by atoms with Gasteiger partial charge in [0, 0.05) is 0 Å². The molecule has 1 fully saturated rings. The lowest BCUT2D eigenvalue weighted by Gasteiger charge is -2.43. The Bertz CT molecular complexity index is 247. The maximum atomic E-state index is 11.3. The van der Waals surface area contributed by atoms with Crippen LogP contribution in [0.25, 0.3) is 0 Å². The van der Waals surface area contributed by atoms with E-state index in [1.54, 1.807) is 0 Å². The minimum atomic E-state index is -0.165. The summed E-state index contributed by atoms with van der Waals surface area (Å²) in [6.45, 7) is 6.01. The number of nitrogens with one attached hydrogen (secondary N) is 1. The third kappa shape index (κ3) is 2.72. The van der Waals surface area contributed by atoms with Gasteiger partial charge in [-0.05, 0) is 18.8 Å². The molecule has 0 aromatic carbocycles. The van der Waals surface area contributed by atoms with Crippen LogP contribution in [0, 0.1) is 11.8 Å². The Kier molecular flexibility index (Phi) is 4.70. The first kappa shape index (κ1) is 13.4. The van der Waals surface area contributed by atoms with E-state index in [0.717, 1.165) is 0 Å². The highest BCUT2D eigenvalue weighted by Gasteiger charge is 2.39. The average molecular weight is 230 g/mol. The Morgan fingerprint density at radius 3 is 2.50 bits per heavy atom. The quantitative estimate of drug-likeness (QED) is 0.609. The Morgan fingerprint density at radius 1 is 1.38 bits per heavy atom. The highest BCUT2D eigenvalue weighted by atomic mass is 16.5. The topological polar surface area (TPSA) is 84.6 Å². The molecule has 1 aliphatic heterocycles. The number of rotatable bonds is 3. The van der Waals surface area contributed by atoms with Crippen LogP contribution in [0.2, 0.25) is 0 Å². The fourth-order valence-electron chi connectivity index (χ4n) is 2.28. The summed E-state index contributed by atoms with van der Waals surface area (Å²) in [6, 6.07) is -0.0335. The first-order chi connectivity index (χ1) is 7.51. The minimum absolute atomic E-state index is 0.00620. The van der Waals surface area contributed by atoms with Gasteiger partial charge < -0.3 is 20.9 Å². The SMILES string of the molecule is CC1OC(CO)C(C)C(C)C1NC(=O)CN. The van der Waals surface area contributed by atoms with Crippen LogP contribution in [0.5, 0.6) is 0 Å². The van der Waals surface area contributed by atoms with E-state index in [2.05, 4.69) is 12.2 Å². The van der Waals surface area contributed by atoms with E-state index in [4.69, 9.17) is 10.5 Å². The molecule has 4 N–H and O–H groups in total. The first-order valence-corrected chi connectivity index (χ1v) is 5.77. The number of aliphatic hydroxyl groups excluding tert-OH is 1. The van der Waals surface area contributed by atoms with Gasteiger partial charge in [0.25, 0.3) is 0 Å². The number of ether oxygens (including phenoxy) is 1. The van der Waals surface area contributed by atoms with Crippen LogP contribution >= 0.6 is 0 Å². The van der Waals surface area contributed by atoms with E-state index in [1.165, 1.54) is 0 Å². The van der Waals surface area contributed by atoms with E-state index in [1.807, 2.05) is 13.8 Å². The van der Waals surface area contributed by atoms with E-state index in [9.17, 15) is 9.90 Å². The van der Waals surface area contributed by atoms with Gasteiger partial charge in [0.15, 0.2) is 0 Å². The van der Waals surface area contributed by atoms with Crippen LogP contribution in [0.4, 0.5) is 0 Å². The third-order valence-corrected chi connectivity index (χ3v) is 3.57. The molecule has 16 heavy (non-hydrogen) atoms. The predicted molar refractivity (Wildman–Crippen MR) is 60.7 cm³/mol. The second-order valence-corrected chi connectivity index (χ2v) is 4.58. The zero-order chi connectivity index (χ0) is 12.3. The predicted octanol–water partition coefficient (Wildman–Crippen LogP) is -0.518. The lowest BCUT2D eigenvalue weighted by atomic mass is 9.80.